The zero-order valence-electron chi connectivity index (χ0n) is 14.3. The molecule has 3 heterocycles. The van der Waals surface area contributed by atoms with Crippen LogP contribution in [0.5, 0.6) is 0 Å². The van der Waals surface area contributed by atoms with E-state index >= 15 is 0 Å². The summed E-state index contributed by atoms with van der Waals surface area (Å²) in [6.07, 6.45) is 1.83. The topological polar surface area (TPSA) is 85.2 Å². The first-order chi connectivity index (χ1) is 12.0. The van der Waals surface area contributed by atoms with Gasteiger partial charge in [0, 0.05) is 23.6 Å². The minimum absolute atomic E-state index is 0.0121. The molecule has 25 heavy (non-hydrogen) atoms. The number of nitrogens with zero attached hydrogens (tertiary/aromatic N) is 3. The molecular weight excluding hydrogens is 316 g/mol. The van der Waals surface area contributed by atoms with Crippen molar-refractivity contribution in [3.63, 3.8) is 0 Å². The normalized spacial score (nSPS) is 17.4. The van der Waals surface area contributed by atoms with E-state index < -0.39 is 0 Å². The molecule has 1 saturated heterocycles. The van der Waals surface area contributed by atoms with Gasteiger partial charge in [0.05, 0.1) is 11.7 Å². The van der Waals surface area contributed by atoms with Crippen molar-refractivity contribution in [2.75, 3.05) is 12.3 Å². The maximum atomic E-state index is 13.1. The lowest BCUT2D eigenvalue weighted by Crippen LogP contribution is -2.31. The second-order valence-electron chi connectivity index (χ2n) is 6.53. The molecule has 1 unspecified atom stereocenters. The minimum atomic E-state index is -0.0571. The Labute approximate surface area is 145 Å². The van der Waals surface area contributed by atoms with Crippen LogP contribution in [0.25, 0.3) is 11.0 Å². The monoisotopic (exact) mass is 336 g/mol. The van der Waals surface area contributed by atoms with Crippen molar-refractivity contribution in [3.8, 4) is 0 Å². The number of rotatable bonds is 2. The van der Waals surface area contributed by atoms with E-state index in [0.717, 1.165) is 41.8 Å². The molecule has 0 bridgehead atoms. The van der Waals surface area contributed by atoms with E-state index in [-0.39, 0.29) is 11.9 Å². The van der Waals surface area contributed by atoms with E-state index in [1.165, 1.54) is 0 Å². The molecule has 0 radical (unpaired) electrons. The van der Waals surface area contributed by atoms with Crippen molar-refractivity contribution in [2.24, 2.45) is 0 Å². The third-order valence-corrected chi connectivity index (χ3v) is 4.62. The van der Waals surface area contributed by atoms with Crippen LogP contribution in [-0.2, 0) is 0 Å². The van der Waals surface area contributed by atoms with E-state index in [1.807, 2.05) is 43.0 Å². The van der Waals surface area contributed by atoms with Crippen LogP contribution >= 0.6 is 0 Å². The number of fused-ring (bicyclic) bond motifs is 1. The maximum absolute atomic E-state index is 13.1. The molecule has 1 amide bonds. The SMILES string of the molecule is Cc1nc(N)cc(C2CCCN2C(=O)c2ccc3oc(C)cc3c2)n1. The van der Waals surface area contributed by atoms with Crippen molar-refractivity contribution in [2.45, 2.75) is 32.7 Å². The van der Waals surface area contributed by atoms with Crippen LogP contribution in [0, 0.1) is 13.8 Å². The Morgan fingerprint density at radius 2 is 2.08 bits per heavy atom. The number of aromatic nitrogens is 2. The summed E-state index contributed by atoms with van der Waals surface area (Å²) in [4.78, 5) is 23.6. The molecule has 1 fully saturated rings. The number of nitrogen functional groups attached to an aromatic ring is 1. The van der Waals surface area contributed by atoms with Gasteiger partial charge in [0.1, 0.15) is 23.0 Å². The molecule has 4 rings (SSSR count). The largest absolute Gasteiger partial charge is 0.461 e. The van der Waals surface area contributed by atoms with Crippen molar-refractivity contribution in [1.82, 2.24) is 14.9 Å². The summed E-state index contributed by atoms with van der Waals surface area (Å²) in [7, 11) is 0. The second-order valence-corrected chi connectivity index (χ2v) is 6.53. The fourth-order valence-electron chi connectivity index (χ4n) is 3.58. The van der Waals surface area contributed by atoms with E-state index in [1.54, 1.807) is 6.07 Å². The zero-order chi connectivity index (χ0) is 17.6. The molecule has 128 valence electrons. The van der Waals surface area contributed by atoms with Crippen molar-refractivity contribution >= 4 is 22.7 Å². The third kappa shape index (κ3) is 2.84. The van der Waals surface area contributed by atoms with Gasteiger partial charge in [-0.15, -0.1) is 0 Å². The number of aryl methyl sites for hydroxylation is 2. The Balaban J connectivity index is 1.67. The van der Waals surface area contributed by atoms with Gasteiger partial charge in [-0.05, 0) is 51.0 Å². The summed E-state index contributed by atoms with van der Waals surface area (Å²) in [6, 6.07) is 9.23. The summed E-state index contributed by atoms with van der Waals surface area (Å²) in [5.74, 6) is 1.92. The van der Waals surface area contributed by atoms with Crippen molar-refractivity contribution in [3.05, 3.63) is 53.2 Å². The van der Waals surface area contributed by atoms with Crippen LogP contribution in [0.4, 0.5) is 5.82 Å². The molecular formula is C19H20N4O2. The predicted molar refractivity (Wildman–Crippen MR) is 95.1 cm³/mol. The van der Waals surface area contributed by atoms with Gasteiger partial charge in [-0.1, -0.05) is 0 Å². The summed E-state index contributed by atoms with van der Waals surface area (Å²) in [5.41, 5.74) is 8.14. The lowest BCUT2D eigenvalue weighted by atomic mass is 10.1. The van der Waals surface area contributed by atoms with Gasteiger partial charge in [0.2, 0.25) is 0 Å². The van der Waals surface area contributed by atoms with Crippen LogP contribution in [0.1, 0.15) is 46.5 Å². The number of hydrogen-bond acceptors (Lipinski definition) is 5. The molecule has 2 N–H and O–H groups in total. The summed E-state index contributed by atoms with van der Waals surface area (Å²) < 4.78 is 5.59. The Bertz CT molecular complexity index is 943. The van der Waals surface area contributed by atoms with Gasteiger partial charge >= 0.3 is 0 Å². The Morgan fingerprint density at radius 1 is 1.24 bits per heavy atom. The standard InChI is InChI=1S/C19H20N4O2/c1-11-8-14-9-13(5-6-17(14)25-11)19(24)23-7-3-4-16(23)15-10-18(20)22-12(2)21-15/h5-6,8-10,16H,3-4,7H2,1-2H3,(H2,20,21,22). The van der Waals surface area contributed by atoms with Crippen LogP contribution in [0.15, 0.2) is 34.7 Å². The van der Waals surface area contributed by atoms with Crippen molar-refractivity contribution in [1.29, 1.82) is 0 Å². The molecule has 3 aromatic rings. The summed E-state index contributed by atoms with van der Waals surface area (Å²) >= 11 is 0. The predicted octanol–water partition coefficient (Wildman–Crippen LogP) is 3.40. The number of hydrogen-bond donors (Lipinski definition) is 1. The highest BCUT2D eigenvalue weighted by Crippen LogP contribution is 2.33. The molecule has 6 heteroatoms. The lowest BCUT2D eigenvalue weighted by molar-refractivity contribution is 0.0733. The third-order valence-electron chi connectivity index (χ3n) is 4.62. The number of carbonyl (C=O) groups is 1. The van der Waals surface area contributed by atoms with E-state index in [9.17, 15) is 4.79 Å². The number of amides is 1. The zero-order valence-corrected chi connectivity index (χ0v) is 14.3. The first-order valence-electron chi connectivity index (χ1n) is 8.43. The van der Waals surface area contributed by atoms with Crippen LogP contribution < -0.4 is 5.73 Å². The smallest absolute Gasteiger partial charge is 0.254 e. The molecule has 6 nitrogen and oxygen atoms in total. The lowest BCUT2D eigenvalue weighted by Gasteiger charge is -2.24. The quantitative estimate of drug-likeness (QED) is 0.775. The number of nitrogens with two attached hydrogens (primary N) is 1. The van der Waals surface area contributed by atoms with Crippen LogP contribution in [0.3, 0.4) is 0 Å². The maximum Gasteiger partial charge on any atom is 0.254 e. The fraction of sp³-hybridized carbons (Fsp3) is 0.316. The fourth-order valence-corrected chi connectivity index (χ4v) is 3.58. The van der Waals surface area contributed by atoms with Crippen molar-refractivity contribution < 1.29 is 9.21 Å². The molecule has 2 aromatic heterocycles. The highest BCUT2D eigenvalue weighted by molar-refractivity contribution is 5.98. The molecule has 0 aliphatic carbocycles. The van der Waals surface area contributed by atoms with E-state index in [4.69, 9.17) is 10.2 Å². The van der Waals surface area contributed by atoms with Gasteiger partial charge < -0.3 is 15.1 Å². The molecule has 1 aliphatic rings. The van der Waals surface area contributed by atoms with Gasteiger partial charge in [-0.3, -0.25) is 4.79 Å². The Morgan fingerprint density at radius 3 is 2.88 bits per heavy atom. The number of likely N-dealkylation sites (tertiary alicyclic amines) is 1. The Kier molecular flexibility index (Phi) is 3.67. The summed E-state index contributed by atoms with van der Waals surface area (Å²) in [6.45, 7) is 4.44. The molecule has 1 atom stereocenters. The molecule has 1 aliphatic heterocycles. The molecule has 1 aromatic carbocycles. The van der Waals surface area contributed by atoms with Gasteiger partial charge in [0.25, 0.3) is 5.91 Å². The van der Waals surface area contributed by atoms with Gasteiger partial charge in [-0.25, -0.2) is 9.97 Å². The number of furan rings is 1. The Hall–Kier alpha value is -2.89. The van der Waals surface area contributed by atoms with Gasteiger partial charge in [-0.2, -0.15) is 0 Å². The summed E-state index contributed by atoms with van der Waals surface area (Å²) in [5, 5.41) is 0.946. The second kappa shape index (κ2) is 5.88. The van der Waals surface area contributed by atoms with Gasteiger partial charge in [0.15, 0.2) is 0 Å². The minimum Gasteiger partial charge on any atom is -0.461 e. The number of carbonyl (C=O) groups excluding carboxylic acids is 1. The number of anilines is 1. The first-order valence-corrected chi connectivity index (χ1v) is 8.43. The molecule has 0 saturated carbocycles. The van der Waals surface area contributed by atoms with E-state index in [2.05, 4.69) is 9.97 Å². The highest BCUT2D eigenvalue weighted by Gasteiger charge is 2.32. The average Bonchev–Trinajstić information content (AvgIpc) is 3.17. The number of benzene rings is 1. The molecule has 0 spiro atoms. The van der Waals surface area contributed by atoms with Crippen LogP contribution in [-0.4, -0.2) is 27.3 Å². The first kappa shape index (κ1) is 15.6. The highest BCUT2D eigenvalue weighted by atomic mass is 16.3. The van der Waals surface area contributed by atoms with E-state index in [0.29, 0.717) is 17.2 Å². The average molecular weight is 336 g/mol. The van der Waals surface area contributed by atoms with Crippen LogP contribution in [0.2, 0.25) is 0 Å².